The molecule has 0 spiro atoms. The fraction of sp³-hybridized carbons (Fsp3) is 0.0833. The van der Waals surface area contributed by atoms with Gasteiger partial charge in [-0.15, -0.1) is 0 Å². The van der Waals surface area contributed by atoms with E-state index in [1.807, 2.05) is 91.0 Å². The summed E-state index contributed by atoms with van der Waals surface area (Å²) in [5.74, 6) is 3.17. The summed E-state index contributed by atoms with van der Waals surface area (Å²) in [6.07, 6.45) is 0.748. The van der Waals surface area contributed by atoms with Crippen molar-refractivity contribution in [1.29, 1.82) is 0 Å². The molecule has 0 saturated heterocycles. The number of hydrogen-bond acceptors (Lipinski definition) is 1. The maximum Gasteiger partial charge on any atom is 0.193 e. The van der Waals surface area contributed by atoms with Crippen LogP contribution in [0.15, 0.2) is 103 Å². The first kappa shape index (κ1) is 21.6. The molecule has 0 aliphatic heterocycles. The summed E-state index contributed by atoms with van der Waals surface area (Å²) >= 11 is 13.0. The van der Waals surface area contributed by atoms with Crippen molar-refractivity contribution < 1.29 is 4.57 Å². The molecule has 0 heterocycles. The lowest BCUT2D eigenvalue weighted by Gasteiger charge is -2.15. The normalized spacial score (nSPS) is 14.4. The van der Waals surface area contributed by atoms with Gasteiger partial charge in [0.15, 0.2) is 7.29 Å². The van der Waals surface area contributed by atoms with Crippen LogP contribution in [0, 0.1) is 0 Å². The van der Waals surface area contributed by atoms with Crippen molar-refractivity contribution in [2.45, 2.75) is 6.42 Å². The number of hydrogen-bond donors (Lipinski definition) is 1. The van der Waals surface area contributed by atoms with Gasteiger partial charge < -0.3 is 0 Å². The molecule has 0 bridgehead atoms. The number of nitrogens with one attached hydrogen (secondary N) is 1. The Kier molecular flexibility index (Phi) is 7.91. The number of halogens is 2. The Balaban J connectivity index is 1.86. The van der Waals surface area contributed by atoms with E-state index in [1.54, 1.807) is 11.6 Å². The van der Waals surface area contributed by atoms with Gasteiger partial charge in [-0.2, -0.15) is 0 Å². The molecular formula is C24H22Cl2NOP. The van der Waals surface area contributed by atoms with Gasteiger partial charge in [0.2, 0.25) is 0 Å². The van der Waals surface area contributed by atoms with Crippen LogP contribution < -0.4 is 5.09 Å². The first-order chi connectivity index (χ1) is 14.1. The quantitative estimate of drug-likeness (QED) is 0.365. The Morgan fingerprint density at radius 3 is 1.59 bits per heavy atom. The van der Waals surface area contributed by atoms with Crippen LogP contribution in [-0.2, 0) is 11.0 Å². The highest BCUT2D eigenvalue weighted by molar-refractivity contribution is 7.68. The molecule has 29 heavy (non-hydrogen) atoms. The minimum Gasteiger partial charge on any atom is -0.298 e. The molecule has 0 aliphatic rings. The summed E-state index contributed by atoms with van der Waals surface area (Å²) < 4.78 is 13.7. The van der Waals surface area contributed by atoms with Crippen LogP contribution in [0.5, 0.6) is 0 Å². The maximum atomic E-state index is 13.7. The second-order valence-electron chi connectivity index (χ2n) is 6.54. The molecule has 0 amide bonds. The lowest BCUT2D eigenvalue weighted by Crippen LogP contribution is -2.12. The Bertz CT molecular complexity index is 959. The third kappa shape index (κ3) is 6.73. The van der Waals surface area contributed by atoms with Crippen molar-refractivity contribution in [2.75, 3.05) is 6.54 Å². The van der Waals surface area contributed by atoms with Gasteiger partial charge in [0.05, 0.1) is 10.1 Å². The molecule has 3 rings (SSSR count). The first-order valence-electron chi connectivity index (χ1n) is 9.32. The van der Waals surface area contributed by atoms with Gasteiger partial charge in [-0.3, -0.25) is 9.65 Å². The van der Waals surface area contributed by atoms with E-state index < -0.39 is 7.29 Å². The van der Waals surface area contributed by atoms with Gasteiger partial charge in [-0.1, -0.05) is 114 Å². The van der Waals surface area contributed by atoms with Gasteiger partial charge in [-0.05, 0) is 23.1 Å². The van der Waals surface area contributed by atoms with E-state index in [0.29, 0.717) is 16.6 Å². The van der Waals surface area contributed by atoms with Gasteiger partial charge in [0.1, 0.15) is 0 Å². The zero-order valence-electron chi connectivity index (χ0n) is 15.8. The van der Waals surface area contributed by atoms with E-state index in [0.717, 1.165) is 17.5 Å². The molecule has 1 N–H and O–H groups in total. The van der Waals surface area contributed by atoms with Crippen molar-refractivity contribution in [3.63, 3.8) is 0 Å². The van der Waals surface area contributed by atoms with Crippen LogP contribution in [-0.4, -0.2) is 6.54 Å². The van der Waals surface area contributed by atoms with E-state index in [1.165, 1.54) is 5.56 Å². The molecule has 5 heteroatoms. The fourth-order valence-electron chi connectivity index (χ4n) is 2.83. The summed E-state index contributed by atoms with van der Waals surface area (Å²) in [6, 6.07) is 29.0. The van der Waals surface area contributed by atoms with Gasteiger partial charge in [0, 0.05) is 18.2 Å². The SMILES string of the molecule is O=P(C=C(Cl)c1ccccc1)(C=C(Cl)c1ccccc1)NCCc1ccccc1. The van der Waals surface area contributed by atoms with Crippen molar-refractivity contribution in [3.05, 3.63) is 119 Å². The first-order valence-corrected chi connectivity index (χ1v) is 11.9. The fourth-order valence-corrected chi connectivity index (χ4v) is 5.64. The van der Waals surface area contributed by atoms with Crippen LogP contribution >= 0.6 is 30.5 Å². The Hall–Kier alpha value is -2.09. The zero-order chi connectivity index (χ0) is 20.5. The lowest BCUT2D eigenvalue weighted by molar-refractivity contribution is 0.577. The van der Waals surface area contributed by atoms with Crippen molar-refractivity contribution in [3.8, 4) is 0 Å². The van der Waals surface area contributed by atoms with Crippen molar-refractivity contribution in [2.24, 2.45) is 0 Å². The molecule has 0 fully saturated rings. The summed E-state index contributed by atoms with van der Waals surface area (Å²) in [6.45, 7) is 0.534. The number of rotatable bonds is 8. The standard InChI is InChI=1S/C24H22Cl2NOP/c25-23(21-12-6-2-7-13-21)18-29(28,19-24(26)22-14-8-3-9-15-22)27-17-16-20-10-4-1-5-11-20/h1-15,18-19H,16-17H2,(H,27,28). The topological polar surface area (TPSA) is 29.1 Å². The maximum absolute atomic E-state index is 13.7. The highest BCUT2D eigenvalue weighted by Crippen LogP contribution is 2.50. The van der Waals surface area contributed by atoms with E-state index in [9.17, 15) is 4.57 Å². The largest absolute Gasteiger partial charge is 0.298 e. The minimum atomic E-state index is -3.14. The van der Waals surface area contributed by atoms with Gasteiger partial charge in [-0.25, -0.2) is 0 Å². The smallest absolute Gasteiger partial charge is 0.193 e. The Labute approximate surface area is 182 Å². The van der Waals surface area contributed by atoms with Gasteiger partial charge in [0.25, 0.3) is 0 Å². The molecule has 0 aliphatic carbocycles. The molecule has 3 aromatic carbocycles. The van der Waals surface area contributed by atoms with Crippen molar-refractivity contribution in [1.82, 2.24) is 5.09 Å². The molecule has 0 aromatic heterocycles. The molecule has 0 saturated carbocycles. The zero-order valence-corrected chi connectivity index (χ0v) is 18.2. The summed E-state index contributed by atoms with van der Waals surface area (Å²) in [5.41, 5.74) is 2.79. The van der Waals surface area contributed by atoms with Gasteiger partial charge >= 0.3 is 0 Å². The van der Waals surface area contributed by atoms with Crippen molar-refractivity contribution >= 4 is 40.6 Å². The van der Waals surface area contributed by atoms with Crippen LogP contribution in [0.4, 0.5) is 0 Å². The monoisotopic (exact) mass is 441 g/mol. The summed E-state index contributed by atoms with van der Waals surface area (Å²) in [5, 5.41) is 4.03. The van der Waals surface area contributed by atoms with Crippen LogP contribution in [0.2, 0.25) is 0 Å². The molecule has 148 valence electrons. The van der Waals surface area contributed by atoms with Crippen LogP contribution in [0.3, 0.4) is 0 Å². The van der Waals surface area contributed by atoms with E-state index >= 15 is 0 Å². The molecule has 2 nitrogen and oxygen atoms in total. The second kappa shape index (κ2) is 10.6. The van der Waals surface area contributed by atoms with E-state index in [2.05, 4.69) is 5.09 Å². The third-order valence-corrected chi connectivity index (χ3v) is 7.29. The minimum absolute atomic E-state index is 0.426. The molecule has 0 unspecified atom stereocenters. The highest BCUT2D eigenvalue weighted by Gasteiger charge is 2.18. The third-order valence-electron chi connectivity index (χ3n) is 4.32. The lowest BCUT2D eigenvalue weighted by atomic mass is 10.2. The Morgan fingerprint density at radius 1 is 0.724 bits per heavy atom. The summed E-state index contributed by atoms with van der Waals surface area (Å²) in [7, 11) is -3.14. The van der Waals surface area contributed by atoms with E-state index in [-0.39, 0.29) is 0 Å². The van der Waals surface area contributed by atoms with Crippen LogP contribution in [0.25, 0.3) is 10.1 Å². The molecule has 3 aromatic rings. The molecule has 0 radical (unpaired) electrons. The second-order valence-corrected chi connectivity index (χ2v) is 9.60. The van der Waals surface area contributed by atoms with Crippen LogP contribution in [0.1, 0.15) is 16.7 Å². The predicted molar refractivity (Wildman–Crippen MR) is 126 cm³/mol. The highest BCUT2D eigenvalue weighted by atomic mass is 35.5. The molecule has 0 atom stereocenters. The molecular weight excluding hydrogens is 420 g/mol. The average Bonchev–Trinajstić information content (AvgIpc) is 2.75. The average molecular weight is 442 g/mol. The van der Waals surface area contributed by atoms with E-state index in [4.69, 9.17) is 23.2 Å². The predicted octanol–water partition coefficient (Wildman–Crippen LogP) is 7.57. The Morgan fingerprint density at radius 2 is 1.14 bits per heavy atom. The number of benzene rings is 3. The summed E-state index contributed by atoms with van der Waals surface area (Å²) in [4.78, 5) is 0.